The van der Waals surface area contributed by atoms with E-state index in [0.29, 0.717) is 11.8 Å². The van der Waals surface area contributed by atoms with Gasteiger partial charge in [0.05, 0.1) is 6.10 Å². The lowest BCUT2D eigenvalue weighted by Gasteiger charge is -2.27. The molecule has 0 spiro atoms. The van der Waals surface area contributed by atoms with Gasteiger partial charge in [0.25, 0.3) is 0 Å². The smallest absolute Gasteiger partial charge is 0.0698 e. The van der Waals surface area contributed by atoms with Crippen LogP contribution in [0.4, 0.5) is 0 Å². The first kappa shape index (κ1) is 16.4. The summed E-state index contributed by atoms with van der Waals surface area (Å²) in [4.78, 5) is 2.23. The van der Waals surface area contributed by atoms with E-state index in [9.17, 15) is 5.11 Å². The number of aliphatic hydroxyl groups excluding tert-OH is 1. The van der Waals surface area contributed by atoms with Crippen LogP contribution in [0.3, 0.4) is 0 Å². The van der Waals surface area contributed by atoms with Gasteiger partial charge in [-0.1, -0.05) is 32.1 Å². The first-order valence-electron chi connectivity index (χ1n) is 6.59. The number of allylic oxidation sites excluding steroid dienone is 3. The van der Waals surface area contributed by atoms with Crippen LogP contribution in [0.25, 0.3) is 0 Å². The Kier molecular flexibility index (Phi) is 8.19. The minimum Gasteiger partial charge on any atom is -0.389 e. The standard InChI is InChI=1S/C15H29NO/c1-7-9-14(10-13(4)17)15(8-2)12(3)11-16(5)6/h7,9-10,12-13,15,17H,8,11H2,1-6H3/b9-7-,14-10+/t12-,13-,15-/m1/s1. The Morgan fingerprint density at radius 3 is 2.24 bits per heavy atom. The molecule has 2 heteroatoms. The van der Waals surface area contributed by atoms with Gasteiger partial charge in [-0.3, -0.25) is 0 Å². The predicted octanol–water partition coefficient (Wildman–Crippen LogP) is 3.09. The zero-order chi connectivity index (χ0) is 13.4. The molecule has 2 nitrogen and oxygen atoms in total. The minimum atomic E-state index is -0.373. The summed E-state index contributed by atoms with van der Waals surface area (Å²) in [6.07, 6.45) is 6.90. The molecular weight excluding hydrogens is 210 g/mol. The van der Waals surface area contributed by atoms with Gasteiger partial charge in [0.1, 0.15) is 0 Å². The van der Waals surface area contributed by atoms with Crippen molar-refractivity contribution >= 4 is 0 Å². The highest BCUT2D eigenvalue weighted by atomic mass is 16.3. The SMILES string of the molecule is C/C=C\C(=C/[C@@H](C)O)[C@H](CC)[C@H](C)CN(C)C. The largest absolute Gasteiger partial charge is 0.389 e. The fourth-order valence-corrected chi connectivity index (χ4v) is 2.44. The summed E-state index contributed by atoms with van der Waals surface area (Å²) in [7, 11) is 4.22. The number of hydrogen-bond donors (Lipinski definition) is 1. The maximum atomic E-state index is 9.54. The zero-order valence-corrected chi connectivity index (χ0v) is 12.3. The Hall–Kier alpha value is -0.600. The van der Waals surface area contributed by atoms with Crippen molar-refractivity contribution < 1.29 is 5.11 Å². The molecule has 0 aliphatic rings. The van der Waals surface area contributed by atoms with Crippen LogP contribution in [-0.4, -0.2) is 36.8 Å². The van der Waals surface area contributed by atoms with Gasteiger partial charge in [-0.15, -0.1) is 0 Å². The van der Waals surface area contributed by atoms with Crippen LogP contribution in [0, 0.1) is 11.8 Å². The summed E-state index contributed by atoms with van der Waals surface area (Å²) >= 11 is 0. The highest BCUT2D eigenvalue weighted by Crippen LogP contribution is 2.26. The van der Waals surface area contributed by atoms with Crippen LogP contribution in [-0.2, 0) is 0 Å². The molecular formula is C15H29NO. The van der Waals surface area contributed by atoms with Crippen molar-refractivity contribution in [1.29, 1.82) is 0 Å². The third-order valence-electron chi connectivity index (χ3n) is 3.00. The highest BCUT2D eigenvalue weighted by molar-refractivity contribution is 5.23. The third kappa shape index (κ3) is 6.64. The average Bonchev–Trinajstić information content (AvgIpc) is 2.16. The van der Waals surface area contributed by atoms with E-state index < -0.39 is 0 Å². The molecule has 0 rings (SSSR count). The molecule has 0 heterocycles. The second-order valence-electron chi connectivity index (χ2n) is 5.16. The molecule has 0 fully saturated rings. The average molecular weight is 239 g/mol. The summed E-state index contributed by atoms with van der Waals surface area (Å²) in [5.41, 5.74) is 1.26. The van der Waals surface area contributed by atoms with Crippen LogP contribution in [0.1, 0.15) is 34.1 Å². The van der Waals surface area contributed by atoms with E-state index in [0.717, 1.165) is 13.0 Å². The van der Waals surface area contributed by atoms with E-state index in [4.69, 9.17) is 0 Å². The van der Waals surface area contributed by atoms with Gasteiger partial charge in [0.15, 0.2) is 0 Å². The fourth-order valence-electron chi connectivity index (χ4n) is 2.44. The molecule has 0 radical (unpaired) electrons. The first-order chi connectivity index (χ1) is 7.92. The molecule has 0 aliphatic heterocycles. The van der Waals surface area contributed by atoms with Gasteiger partial charge in [0.2, 0.25) is 0 Å². The second-order valence-corrected chi connectivity index (χ2v) is 5.16. The lowest BCUT2D eigenvalue weighted by Crippen LogP contribution is -2.26. The third-order valence-corrected chi connectivity index (χ3v) is 3.00. The predicted molar refractivity (Wildman–Crippen MR) is 76.1 cm³/mol. The van der Waals surface area contributed by atoms with E-state index in [1.807, 2.05) is 19.9 Å². The van der Waals surface area contributed by atoms with Crippen molar-refractivity contribution in [3.8, 4) is 0 Å². The molecule has 0 unspecified atom stereocenters. The van der Waals surface area contributed by atoms with Crippen molar-refractivity contribution in [2.45, 2.75) is 40.2 Å². The minimum absolute atomic E-state index is 0.373. The molecule has 0 saturated carbocycles. The van der Waals surface area contributed by atoms with Crippen molar-refractivity contribution in [2.24, 2.45) is 11.8 Å². The van der Waals surface area contributed by atoms with E-state index in [1.54, 1.807) is 0 Å². The Morgan fingerprint density at radius 1 is 1.29 bits per heavy atom. The van der Waals surface area contributed by atoms with Crippen molar-refractivity contribution in [3.05, 3.63) is 23.8 Å². The summed E-state index contributed by atoms with van der Waals surface area (Å²) in [6, 6.07) is 0. The molecule has 0 aromatic carbocycles. The molecule has 0 amide bonds. The quantitative estimate of drug-likeness (QED) is 0.690. The van der Waals surface area contributed by atoms with E-state index in [2.05, 4.69) is 45.0 Å². The van der Waals surface area contributed by atoms with Gasteiger partial charge in [0, 0.05) is 6.54 Å². The van der Waals surface area contributed by atoms with E-state index in [-0.39, 0.29) is 6.10 Å². The first-order valence-corrected chi connectivity index (χ1v) is 6.59. The Morgan fingerprint density at radius 2 is 1.88 bits per heavy atom. The molecule has 100 valence electrons. The maximum Gasteiger partial charge on any atom is 0.0698 e. The summed E-state index contributed by atoms with van der Waals surface area (Å²) in [5.74, 6) is 1.11. The van der Waals surface area contributed by atoms with E-state index in [1.165, 1.54) is 5.57 Å². The number of nitrogens with zero attached hydrogens (tertiary/aromatic N) is 1. The molecule has 0 saturated heterocycles. The Bertz CT molecular complexity index is 254. The normalized spacial score (nSPS) is 18.7. The zero-order valence-electron chi connectivity index (χ0n) is 12.3. The molecule has 0 aromatic heterocycles. The molecule has 0 aliphatic carbocycles. The van der Waals surface area contributed by atoms with Gasteiger partial charge in [-0.2, -0.15) is 0 Å². The Labute approximate surface area is 107 Å². The fraction of sp³-hybridized carbons (Fsp3) is 0.733. The van der Waals surface area contributed by atoms with Crippen molar-refractivity contribution in [2.75, 3.05) is 20.6 Å². The van der Waals surface area contributed by atoms with Crippen molar-refractivity contribution in [1.82, 2.24) is 4.90 Å². The molecule has 0 bridgehead atoms. The number of aliphatic hydroxyl groups is 1. The second kappa shape index (κ2) is 8.48. The molecule has 0 aromatic rings. The molecule has 3 atom stereocenters. The maximum absolute atomic E-state index is 9.54. The lowest BCUT2D eigenvalue weighted by molar-refractivity contribution is 0.239. The van der Waals surface area contributed by atoms with Crippen LogP contribution >= 0.6 is 0 Å². The number of hydrogen-bond acceptors (Lipinski definition) is 2. The van der Waals surface area contributed by atoms with E-state index >= 15 is 0 Å². The number of rotatable bonds is 7. The molecule has 1 N–H and O–H groups in total. The molecule has 17 heavy (non-hydrogen) atoms. The Balaban J connectivity index is 4.90. The highest BCUT2D eigenvalue weighted by Gasteiger charge is 2.19. The van der Waals surface area contributed by atoms with Crippen LogP contribution in [0.15, 0.2) is 23.8 Å². The van der Waals surface area contributed by atoms with Gasteiger partial charge >= 0.3 is 0 Å². The van der Waals surface area contributed by atoms with Crippen LogP contribution in [0.5, 0.6) is 0 Å². The monoisotopic (exact) mass is 239 g/mol. The van der Waals surface area contributed by atoms with Crippen LogP contribution < -0.4 is 0 Å². The lowest BCUT2D eigenvalue weighted by atomic mass is 9.83. The van der Waals surface area contributed by atoms with Crippen molar-refractivity contribution in [3.63, 3.8) is 0 Å². The van der Waals surface area contributed by atoms with Gasteiger partial charge < -0.3 is 10.0 Å². The summed E-state index contributed by atoms with van der Waals surface area (Å²) in [6.45, 7) is 9.42. The van der Waals surface area contributed by atoms with Crippen LogP contribution in [0.2, 0.25) is 0 Å². The topological polar surface area (TPSA) is 23.5 Å². The van der Waals surface area contributed by atoms with Gasteiger partial charge in [-0.25, -0.2) is 0 Å². The summed E-state index contributed by atoms with van der Waals surface area (Å²) in [5, 5.41) is 9.54. The van der Waals surface area contributed by atoms with Gasteiger partial charge in [-0.05, 0) is 51.8 Å². The summed E-state index contributed by atoms with van der Waals surface area (Å²) < 4.78 is 0.